The minimum Gasteiger partial charge on any atom is -0.480 e. The van der Waals surface area contributed by atoms with Crippen molar-refractivity contribution in [1.29, 1.82) is 0 Å². The van der Waals surface area contributed by atoms with Crippen molar-refractivity contribution in [1.82, 2.24) is 9.78 Å². The minimum atomic E-state index is -1.13. The Morgan fingerprint density at radius 1 is 1.59 bits per heavy atom. The Morgan fingerprint density at radius 2 is 2.18 bits per heavy atom. The molecule has 0 aromatic carbocycles. The van der Waals surface area contributed by atoms with Crippen LogP contribution in [0.5, 0.6) is 5.88 Å². The molecule has 1 aromatic rings. The van der Waals surface area contributed by atoms with E-state index >= 15 is 0 Å². The molecule has 8 nitrogen and oxygen atoms in total. The van der Waals surface area contributed by atoms with Gasteiger partial charge in [-0.15, -0.1) is 5.10 Å². The molecule has 0 fully saturated rings. The number of ether oxygens (including phenoxy) is 1. The first-order valence-corrected chi connectivity index (χ1v) is 4.96. The van der Waals surface area contributed by atoms with Gasteiger partial charge in [0.25, 0.3) is 0 Å². The Labute approximate surface area is 97.0 Å². The highest BCUT2D eigenvalue weighted by molar-refractivity contribution is 5.71. The summed E-state index contributed by atoms with van der Waals surface area (Å²) >= 11 is 0. The van der Waals surface area contributed by atoms with Crippen LogP contribution in [0.3, 0.4) is 0 Å². The largest absolute Gasteiger partial charge is 0.480 e. The molecule has 17 heavy (non-hydrogen) atoms. The maximum absolute atomic E-state index is 10.7. The zero-order chi connectivity index (χ0) is 13.2. The van der Waals surface area contributed by atoms with Gasteiger partial charge in [0, 0.05) is 0 Å². The van der Waals surface area contributed by atoms with Crippen LogP contribution in [-0.4, -0.2) is 31.9 Å². The number of aliphatic carboxylic acids is 1. The molecule has 1 aromatic heterocycles. The monoisotopic (exact) mass is 243 g/mol. The van der Waals surface area contributed by atoms with Crippen molar-refractivity contribution in [2.24, 2.45) is 0 Å². The number of carboxylic acids is 1. The Morgan fingerprint density at radius 3 is 2.59 bits per heavy atom. The molecule has 0 radical (unpaired) electrons. The molecule has 0 aliphatic rings. The lowest BCUT2D eigenvalue weighted by Crippen LogP contribution is -2.16. The van der Waals surface area contributed by atoms with Crippen LogP contribution in [0.4, 0.5) is 5.69 Å². The summed E-state index contributed by atoms with van der Waals surface area (Å²) in [5.41, 5.74) is -0.341. The summed E-state index contributed by atoms with van der Waals surface area (Å²) in [7, 11) is 0. The first kappa shape index (κ1) is 12.9. The second kappa shape index (κ2) is 4.81. The van der Waals surface area contributed by atoms with E-state index in [1.165, 1.54) is 6.92 Å². The standard InChI is InChI=1S/C9H13N3O5/c1-5(2)17-8-7(12(15)16)4-11(10-8)6(3)9(13)14/h4-6H,1-3H3,(H,13,14)/t6-/m0/s1. The molecule has 1 N–H and O–H groups in total. The van der Waals surface area contributed by atoms with Gasteiger partial charge in [0.15, 0.2) is 0 Å². The second-order valence-corrected chi connectivity index (χ2v) is 3.74. The van der Waals surface area contributed by atoms with Crippen LogP contribution in [0.15, 0.2) is 6.20 Å². The fraction of sp³-hybridized carbons (Fsp3) is 0.556. The fourth-order valence-electron chi connectivity index (χ4n) is 1.11. The SMILES string of the molecule is CC(C)Oc1nn([C@@H](C)C(=O)O)cc1[N+](=O)[O-]. The molecule has 0 saturated carbocycles. The van der Waals surface area contributed by atoms with Crippen molar-refractivity contribution in [2.45, 2.75) is 32.9 Å². The average molecular weight is 243 g/mol. The van der Waals surface area contributed by atoms with Crippen LogP contribution in [0.25, 0.3) is 0 Å². The van der Waals surface area contributed by atoms with Gasteiger partial charge >= 0.3 is 17.5 Å². The molecule has 94 valence electrons. The summed E-state index contributed by atoms with van der Waals surface area (Å²) in [6, 6.07) is -0.988. The molecule has 1 atom stereocenters. The lowest BCUT2D eigenvalue weighted by atomic mass is 10.3. The number of rotatable bonds is 5. The number of carbonyl (C=O) groups is 1. The molecule has 0 aliphatic heterocycles. The Kier molecular flexibility index (Phi) is 3.66. The molecule has 0 unspecified atom stereocenters. The van der Waals surface area contributed by atoms with E-state index in [2.05, 4.69) is 5.10 Å². The Balaban J connectivity index is 3.12. The van der Waals surface area contributed by atoms with Gasteiger partial charge in [0.05, 0.1) is 11.0 Å². The number of nitrogens with zero attached hydrogens (tertiary/aromatic N) is 3. The smallest absolute Gasteiger partial charge is 0.350 e. The number of aromatic nitrogens is 2. The first-order valence-electron chi connectivity index (χ1n) is 4.96. The van der Waals surface area contributed by atoms with E-state index in [1.54, 1.807) is 13.8 Å². The zero-order valence-electron chi connectivity index (χ0n) is 9.65. The maximum atomic E-state index is 10.7. The summed E-state index contributed by atoms with van der Waals surface area (Å²) in [4.78, 5) is 20.8. The van der Waals surface area contributed by atoms with E-state index in [1.807, 2.05) is 0 Å². The van der Waals surface area contributed by atoms with Gasteiger partial charge in [0.2, 0.25) is 0 Å². The van der Waals surface area contributed by atoms with Crippen molar-refractivity contribution in [3.63, 3.8) is 0 Å². The summed E-state index contributed by atoms with van der Waals surface area (Å²) in [5.74, 6) is -1.29. The highest BCUT2D eigenvalue weighted by Crippen LogP contribution is 2.27. The van der Waals surface area contributed by atoms with Gasteiger partial charge in [0.1, 0.15) is 12.2 Å². The molecule has 1 heterocycles. The predicted octanol–water partition coefficient (Wildman–Crippen LogP) is 1.22. The molecule has 1 rings (SSSR count). The van der Waals surface area contributed by atoms with Gasteiger partial charge in [-0.3, -0.25) is 10.1 Å². The Bertz CT molecular complexity index is 440. The number of hydrogen-bond acceptors (Lipinski definition) is 5. The topological polar surface area (TPSA) is 107 Å². The van der Waals surface area contributed by atoms with Gasteiger partial charge < -0.3 is 9.84 Å². The maximum Gasteiger partial charge on any atom is 0.350 e. The average Bonchev–Trinajstić information content (AvgIpc) is 2.59. The molecule has 0 saturated heterocycles. The lowest BCUT2D eigenvalue weighted by molar-refractivity contribution is -0.386. The van der Waals surface area contributed by atoms with E-state index in [9.17, 15) is 14.9 Å². The molecular formula is C9H13N3O5. The van der Waals surface area contributed by atoms with Gasteiger partial charge in [-0.1, -0.05) is 0 Å². The number of carboxylic acid groups (broad SMARTS) is 1. The molecular weight excluding hydrogens is 230 g/mol. The molecule has 0 bridgehead atoms. The van der Waals surface area contributed by atoms with E-state index < -0.39 is 16.9 Å². The molecule has 0 aliphatic carbocycles. The third-order valence-corrected chi connectivity index (χ3v) is 1.98. The van der Waals surface area contributed by atoms with Crippen molar-refractivity contribution in [3.8, 4) is 5.88 Å². The summed E-state index contributed by atoms with van der Waals surface area (Å²) in [6.07, 6.45) is 0.772. The van der Waals surface area contributed by atoms with Crippen LogP contribution in [0, 0.1) is 10.1 Å². The van der Waals surface area contributed by atoms with Gasteiger partial charge in [-0.05, 0) is 20.8 Å². The van der Waals surface area contributed by atoms with Gasteiger partial charge in [-0.25, -0.2) is 9.48 Å². The summed E-state index contributed by atoms with van der Waals surface area (Å²) in [6.45, 7) is 4.77. The first-order chi connectivity index (χ1) is 7.82. The minimum absolute atomic E-state index is 0.168. The molecule has 0 spiro atoms. The lowest BCUT2D eigenvalue weighted by Gasteiger charge is -2.06. The van der Waals surface area contributed by atoms with Crippen molar-refractivity contribution < 1.29 is 19.6 Å². The highest BCUT2D eigenvalue weighted by Gasteiger charge is 2.25. The van der Waals surface area contributed by atoms with Crippen LogP contribution < -0.4 is 4.74 Å². The number of hydrogen-bond donors (Lipinski definition) is 1. The highest BCUT2D eigenvalue weighted by atomic mass is 16.6. The van der Waals surface area contributed by atoms with Gasteiger partial charge in [-0.2, -0.15) is 0 Å². The predicted molar refractivity (Wildman–Crippen MR) is 57.0 cm³/mol. The summed E-state index contributed by atoms with van der Waals surface area (Å²) < 4.78 is 6.15. The van der Waals surface area contributed by atoms with E-state index in [-0.39, 0.29) is 17.7 Å². The molecule has 8 heteroatoms. The fourth-order valence-corrected chi connectivity index (χ4v) is 1.11. The summed E-state index contributed by atoms with van der Waals surface area (Å²) in [5, 5.41) is 23.3. The zero-order valence-corrected chi connectivity index (χ0v) is 9.65. The van der Waals surface area contributed by atoms with Crippen molar-refractivity contribution in [3.05, 3.63) is 16.3 Å². The normalized spacial score (nSPS) is 12.5. The van der Waals surface area contributed by atoms with Crippen LogP contribution in [-0.2, 0) is 4.79 Å². The van der Waals surface area contributed by atoms with Crippen LogP contribution >= 0.6 is 0 Å². The van der Waals surface area contributed by atoms with E-state index in [0.29, 0.717) is 0 Å². The van der Waals surface area contributed by atoms with Crippen LogP contribution in [0.1, 0.15) is 26.8 Å². The van der Waals surface area contributed by atoms with Crippen molar-refractivity contribution >= 4 is 11.7 Å². The second-order valence-electron chi connectivity index (χ2n) is 3.74. The molecule has 0 amide bonds. The Hall–Kier alpha value is -2.12. The van der Waals surface area contributed by atoms with E-state index in [0.717, 1.165) is 10.9 Å². The third kappa shape index (κ3) is 2.92. The van der Waals surface area contributed by atoms with E-state index in [4.69, 9.17) is 9.84 Å². The quantitative estimate of drug-likeness (QED) is 0.615. The van der Waals surface area contributed by atoms with Crippen LogP contribution in [0.2, 0.25) is 0 Å². The third-order valence-electron chi connectivity index (χ3n) is 1.98. The van der Waals surface area contributed by atoms with Crippen molar-refractivity contribution in [2.75, 3.05) is 0 Å². The number of nitro groups is 1.